The maximum Gasteiger partial charge on any atom is 0.145 e. The van der Waals surface area contributed by atoms with Gasteiger partial charge in [-0.2, -0.15) is 0 Å². The SMILES string of the molecule is COc1ccc(C2CCCN2)c2cccnc12. The van der Waals surface area contributed by atoms with Crippen LogP contribution in [0.2, 0.25) is 0 Å². The highest BCUT2D eigenvalue weighted by Crippen LogP contribution is 2.33. The van der Waals surface area contributed by atoms with Crippen molar-refractivity contribution in [2.75, 3.05) is 13.7 Å². The van der Waals surface area contributed by atoms with Gasteiger partial charge < -0.3 is 10.1 Å². The number of rotatable bonds is 2. The predicted molar refractivity (Wildman–Crippen MR) is 68.3 cm³/mol. The van der Waals surface area contributed by atoms with Gasteiger partial charge in [0.25, 0.3) is 0 Å². The molecule has 0 saturated carbocycles. The van der Waals surface area contributed by atoms with E-state index < -0.39 is 0 Å². The molecule has 1 aliphatic heterocycles. The fourth-order valence-electron chi connectivity index (χ4n) is 2.59. The van der Waals surface area contributed by atoms with Crippen molar-refractivity contribution in [3.8, 4) is 5.75 Å². The Labute approximate surface area is 101 Å². The molecule has 1 unspecified atom stereocenters. The van der Waals surface area contributed by atoms with Crippen molar-refractivity contribution in [1.29, 1.82) is 0 Å². The number of methoxy groups -OCH3 is 1. The Hall–Kier alpha value is -1.61. The maximum atomic E-state index is 5.36. The molecule has 17 heavy (non-hydrogen) atoms. The van der Waals surface area contributed by atoms with E-state index in [2.05, 4.69) is 22.4 Å². The van der Waals surface area contributed by atoms with Crippen molar-refractivity contribution < 1.29 is 4.74 Å². The second-order valence-corrected chi connectivity index (χ2v) is 4.41. The lowest BCUT2D eigenvalue weighted by Gasteiger charge is -2.15. The van der Waals surface area contributed by atoms with Crippen LogP contribution >= 0.6 is 0 Å². The standard InChI is InChI=1S/C14H16N2O/c1-17-13-7-6-10(12-5-3-8-15-12)11-4-2-9-16-14(11)13/h2,4,6-7,9,12,15H,3,5,8H2,1H3. The van der Waals surface area contributed by atoms with Crippen LogP contribution in [0.1, 0.15) is 24.4 Å². The Balaban J connectivity index is 2.19. The van der Waals surface area contributed by atoms with Gasteiger partial charge in [0.05, 0.1) is 7.11 Å². The van der Waals surface area contributed by atoms with Crippen LogP contribution < -0.4 is 10.1 Å². The van der Waals surface area contributed by atoms with E-state index in [9.17, 15) is 0 Å². The van der Waals surface area contributed by atoms with Crippen LogP contribution in [0.3, 0.4) is 0 Å². The molecule has 88 valence electrons. The minimum Gasteiger partial charge on any atom is -0.494 e. The van der Waals surface area contributed by atoms with E-state index in [4.69, 9.17) is 4.74 Å². The Bertz CT molecular complexity index is 533. The summed E-state index contributed by atoms with van der Waals surface area (Å²) >= 11 is 0. The number of fused-ring (bicyclic) bond motifs is 1. The summed E-state index contributed by atoms with van der Waals surface area (Å²) in [5.74, 6) is 0.849. The van der Waals surface area contributed by atoms with Gasteiger partial charge >= 0.3 is 0 Å². The van der Waals surface area contributed by atoms with E-state index in [0.717, 1.165) is 17.8 Å². The minimum atomic E-state index is 0.465. The molecule has 3 nitrogen and oxygen atoms in total. The maximum absolute atomic E-state index is 5.36. The van der Waals surface area contributed by atoms with Gasteiger partial charge in [0.1, 0.15) is 11.3 Å². The second kappa shape index (κ2) is 4.34. The fraction of sp³-hybridized carbons (Fsp3) is 0.357. The summed E-state index contributed by atoms with van der Waals surface area (Å²) in [6.07, 6.45) is 4.27. The molecule has 2 heterocycles. The largest absolute Gasteiger partial charge is 0.494 e. The monoisotopic (exact) mass is 228 g/mol. The Morgan fingerprint density at radius 3 is 3.06 bits per heavy atom. The summed E-state index contributed by atoms with van der Waals surface area (Å²) in [5.41, 5.74) is 2.30. The van der Waals surface area contributed by atoms with E-state index in [0.29, 0.717) is 6.04 Å². The van der Waals surface area contributed by atoms with Crippen molar-refractivity contribution in [2.45, 2.75) is 18.9 Å². The molecule has 3 heteroatoms. The van der Waals surface area contributed by atoms with Gasteiger partial charge in [-0.1, -0.05) is 12.1 Å². The van der Waals surface area contributed by atoms with Gasteiger partial charge in [-0.05, 0) is 37.1 Å². The van der Waals surface area contributed by atoms with Crippen molar-refractivity contribution in [1.82, 2.24) is 10.3 Å². The molecule has 0 amide bonds. The zero-order valence-corrected chi connectivity index (χ0v) is 9.94. The summed E-state index contributed by atoms with van der Waals surface area (Å²) in [6, 6.07) is 8.75. The van der Waals surface area contributed by atoms with E-state index in [1.165, 1.54) is 23.8 Å². The van der Waals surface area contributed by atoms with Gasteiger partial charge in [-0.3, -0.25) is 4.98 Å². The molecule has 1 fully saturated rings. The fourth-order valence-corrected chi connectivity index (χ4v) is 2.59. The highest BCUT2D eigenvalue weighted by molar-refractivity contribution is 5.87. The zero-order chi connectivity index (χ0) is 11.7. The molecule has 1 saturated heterocycles. The van der Waals surface area contributed by atoms with Gasteiger partial charge in [-0.15, -0.1) is 0 Å². The lowest BCUT2D eigenvalue weighted by Crippen LogP contribution is -2.13. The molecule has 0 spiro atoms. The predicted octanol–water partition coefficient (Wildman–Crippen LogP) is 2.67. The number of pyridine rings is 1. The van der Waals surface area contributed by atoms with Crippen molar-refractivity contribution in [2.24, 2.45) is 0 Å². The van der Waals surface area contributed by atoms with Gasteiger partial charge in [0, 0.05) is 17.6 Å². The smallest absolute Gasteiger partial charge is 0.145 e. The molecular formula is C14H16N2O. The third kappa shape index (κ3) is 1.76. The molecular weight excluding hydrogens is 212 g/mol. The molecule has 1 atom stereocenters. The zero-order valence-electron chi connectivity index (χ0n) is 9.94. The first-order chi connectivity index (χ1) is 8.40. The van der Waals surface area contributed by atoms with E-state index in [1.54, 1.807) is 7.11 Å². The third-order valence-corrected chi connectivity index (χ3v) is 3.42. The Morgan fingerprint density at radius 1 is 1.35 bits per heavy atom. The number of hydrogen-bond donors (Lipinski definition) is 1. The van der Waals surface area contributed by atoms with Crippen molar-refractivity contribution in [3.63, 3.8) is 0 Å². The third-order valence-electron chi connectivity index (χ3n) is 3.42. The first-order valence-electron chi connectivity index (χ1n) is 6.05. The number of aromatic nitrogens is 1. The van der Waals surface area contributed by atoms with Gasteiger partial charge in [-0.25, -0.2) is 0 Å². The van der Waals surface area contributed by atoms with E-state index in [1.807, 2.05) is 18.3 Å². The van der Waals surface area contributed by atoms with E-state index in [-0.39, 0.29) is 0 Å². The van der Waals surface area contributed by atoms with Crippen molar-refractivity contribution in [3.05, 3.63) is 36.0 Å². The highest BCUT2D eigenvalue weighted by Gasteiger charge is 2.19. The molecule has 1 N–H and O–H groups in total. The molecule has 0 aliphatic carbocycles. The number of nitrogens with zero attached hydrogens (tertiary/aromatic N) is 1. The topological polar surface area (TPSA) is 34.1 Å². The summed E-state index contributed by atoms with van der Waals surface area (Å²) in [4.78, 5) is 4.43. The number of hydrogen-bond acceptors (Lipinski definition) is 3. The summed E-state index contributed by atoms with van der Waals surface area (Å²) < 4.78 is 5.36. The molecule has 3 rings (SSSR count). The second-order valence-electron chi connectivity index (χ2n) is 4.41. The minimum absolute atomic E-state index is 0.465. The average Bonchev–Trinajstić information content (AvgIpc) is 2.91. The summed E-state index contributed by atoms with van der Waals surface area (Å²) in [6.45, 7) is 1.11. The first kappa shape index (κ1) is 10.5. The molecule has 2 aromatic rings. The Kier molecular flexibility index (Phi) is 2.69. The number of nitrogens with one attached hydrogen (secondary N) is 1. The number of ether oxygens (including phenoxy) is 1. The molecule has 1 aromatic heterocycles. The number of benzene rings is 1. The molecule has 1 aromatic carbocycles. The quantitative estimate of drug-likeness (QED) is 0.858. The van der Waals surface area contributed by atoms with Crippen LogP contribution in [0.25, 0.3) is 10.9 Å². The van der Waals surface area contributed by atoms with Crippen LogP contribution in [0.15, 0.2) is 30.5 Å². The van der Waals surface area contributed by atoms with Gasteiger partial charge in [0.2, 0.25) is 0 Å². The van der Waals surface area contributed by atoms with Crippen LogP contribution in [0.4, 0.5) is 0 Å². The van der Waals surface area contributed by atoms with Gasteiger partial charge in [0.15, 0.2) is 0 Å². The first-order valence-corrected chi connectivity index (χ1v) is 6.05. The highest BCUT2D eigenvalue weighted by atomic mass is 16.5. The molecule has 0 radical (unpaired) electrons. The molecule has 0 bridgehead atoms. The van der Waals surface area contributed by atoms with Crippen LogP contribution in [0, 0.1) is 0 Å². The molecule has 1 aliphatic rings. The normalized spacial score (nSPS) is 19.7. The summed E-state index contributed by atoms with van der Waals surface area (Å²) in [7, 11) is 1.69. The van der Waals surface area contributed by atoms with Crippen LogP contribution in [-0.4, -0.2) is 18.6 Å². The lowest BCUT2D eigenvalue weighted by atomic mass is 10.00. The summed E-state index contributed by atoms with van der Waals surface area (Å²) in [5, 5.41) is 4.73. The Morgan fingerprint density at radius 2 is 2.29 bits per heavy atom. The van der Waals surface area contributed by atoms with E-state index >= 15 is 0 Å². The lowest BCUT2D eigenvalue weighted by molar-refractivity contribution is 0.418. The van der Waals surface area contributed by atoms with Crippen molar-refractivity contribution >= 4 is 10.9 Å². The average molecular weight is 228 g/mol. The van der Waals surface area contributed by atoms with Crippen LogP contribution in [0.5, 0.6) is 5.75 Å². The van der Waals surface area contributed by atoms with Crippen LogP contribution in [-0.2, 0) is 0 Å².